The van der Waals surface area contributed by atoms with Gasteiger partial charge in [0.2, 0.25) is 0 Å². The van der Waals surface area contributed by atoms with Crippen molar-refractivity contribution in [3.05, 3.63) is 226 Å². The number of benzene rings is 4. The zero-order valence-electron chi connectivity index (χ0n) is 33.1. The maximum absolute atomic E-state index is 5.05. The van der Waals surface area contributed by atoms with Crippen LogP contribution in [0.2, 0.25) is 0 Å². The quantitative estimate of drug-likeness (QED) is 0.177. The van der Waals surface area contributed by atoms with Crippen molar-refractivity contribution in [2.45, 2.75) is 38.0 Å². The van der Waals surface area contributed by atoms with E-state index in [1.165, 1.54) is 72.0 Å². The van der Waals surface area contributed by atoms with E-state index in [1.807, 2.05) is 18.5 Å². The molecule has 1 unspecified atom stereocenters. The standard InChI is InChI=1S/C28H25N2.C26H15N2.Pt/c1-5-7-13-21-18(3)19(4)22(14-8-6-2)28(21)23-15-11-17-29-26(23)27-25(28)20-12-9-10-16-24(20)30-27;1-4-11-19-16(8-1)17-9-2-5-12-20(17)26(19)21-13-7-15-27-24(21)25-23(26)18-10-3-6-14-22(18)28-25;/h5,7-17H,3,6H2,1-2,4H3;1-15H;/q2*-1;+2/b7-5-,14-8-,21-13+;;. The van der Waals surface area contributed by atoms with Crippen molar-refractivity contribution in [3.63, 3.8) is 0 Å². The molecule has 4 aromatic carbocycles. The van der Waals surface area contributed by atoms with E-state index in [0.29, 0.717) is 0 Å². The fourth-order valence-electron chi connectivity index (χ4n) is 10.6. The minimum atomic E-state index is -0.429. The summed E-state index contributed by atoms with van der Waals surface area (Å²) >= 11 is 0. The summed E-state index contributed by atoms with van der Waals surface area (Å²) in [5, 5.41) is 2.42. The fourth-order valence-corrected chi connectivity index (χ4v) is 10.6. The number of fused-ring (bicyclic) bond motifs is 19. The first kappa shape index (κ1) is 37.0. The molecule has 0 aliphatic heterocycles. The van der Waals surface area contributed by atoms with Crippen LogP contribution in [0.3, 0.4) is 0 Å². The van der Waals surface area contributed by atoms with Gasteiger partial charge in [0.15, 0.2) is 0 Å². The molecule has 5 heteroatoms. The zero-order valence-corrected chi connectivity index (χ0v) is 35.4. The van der Waals surface area contributed by atoms with Crippen molar-refractivity contribution in [1.82, 2.24) is 19.9 Å². The molecular formula is C54H40N4Pt. The smallest absolute Gasteiger partial charge is 0.655 e. The third-order valence-electron chi connectivity index (χ3n) is 12.8. The number of rotatable bonds is 3. The number of hydrogen-bond donors (Lipinski definition) is 0. The molecule has 4 aliphatic rings. The Morgan fingerprint density at radius 1 is 0.627 bits per heavy atom. The minimum Gasteiger partial charge on any atom is -0.655 e. The van der Waals surface area contributed by atoms with Gasteiger partial charge in [-0.1, -0.05) is 153 Å². The van der Waals surface area contributed by atoms with E-state index in [4.69, 9.17) is 19.9 Å². The SMILES string of the molecule is C=C1C(C)=C(/C=C\CC)C2(/C1=C/C=C\C)c1cccnc1-c1[n-]c3ccccc3c12.[Pt+2].c1ccc2c(c1)-c1ccccc1C21c2cccnc2-c2[n-]c3ccccc3c21. The van der Waals surface area contributed by atoms with Crippen LogP contribution in [0.25, 0.3) is 55.7 Å². The number of nitrogens with zero attached hydrogens (tertiary/aromatic N) is 4. The molecule has 2 spiro atoms. The third kappa shape index (κ3) is 4.75. The van der Waals surface area contributed by atoms with Gasteiger partial charge in [0, 0.05) is 12.4 Å². The topological polar surface area (TPSA) is 54.0 Å². The maximum Gasteiger partial charge on any atom is 2.00 e. The fraction of sp³-hybridized carbons (Fsp3) is 0.111. The molecule has 0 bridgehead atoms. The summed E-state index contributed by atoms with van der Waals surface area (Å²) in [7, 11) is 0. The van der Waals surface area contributed by atoms with Crippen LogP contribution in [0, 0.1) is 0 Å². The first-order valence-electron chi connectivity index (χ1n) is 20.2. The Balaban J connectivity index is 0.000000140. The summed E-state index contributed by atoms with van der Waals surface area (Å²) in [5.41, 5.74) is 20.5. The van der Waals surface area contributed by atoms with E-state index in [-0.39, 0.29) is 26.5 Å². The first-order chi connectivity index (χ1) is 28.6. The van der Waals surface area contributed by atoms with Crippen LogP contribution < -0.4 is 9.97 Å². The van der Waals surface area contributed by atoms with Gasteiger partial charge in [-0.25, -0.2) is 0 Å². The van der Waals surface area contributed by atoms with Gasteiger partial charge in [-0.2, -0.15) is 0 Å². The predicted octanol–water partition coefficient (Wildman–Crippen LogP) is 12.3. The molecule has 4 aliphatic carbocycles. The van der Waals surface area contributed by atoms with Crippen LogP contribution in [0.15, 0.2) is 193 Å². The van der Waals surface area contributed by atoms with Gasteiger partial charge in [0.1, 0.15) is 0 Å². The Morgan fingerprint density at radius 2 is 1.12 bits per heavy atom. The van der Waals surface area contributed by atoms with Gasteiger partial charge in [0.25, 0.3) is 0 Å². The zero-order chi connectivity index (χ0) is 39.2. The van der Waals surface area contributed by atoms with E-state index >= 15 is 0 Å². The van der Waals surface area contributed by atoms with E-state index in [2.05, 4.69) is 173 Å². The summed E-state index contributed by atoms with van der Waals surface area (Å²) < 4.78 is 0. The maximum atomic E-state index is 5.05. The largest absolute Gasteiger partial charge is 2.00 e. The van der Waals surface area contributed by atoms with Gasteiger partial charge in [-0.15, -0.1) is 22.4 Å². The van der Waals surface area contributed by atoms with E-state index < -0.39 is 5.41 Å². The molecule has 1 atom stereocenters. The van der Waals surface area contributed by atoms with Crippen LogP contribution in [-0.4, -0.2) is 9.97 Å². The summed E-state index contributed by atoms with van der Waals surface area (Å²) in [6, 6.07) is 43.1. The third-order valence-corrected chi connectivity index (χ3v) is 12.8. The summed E-state index contributed by atoms with van der Waals surface area (Å²) in [6.07, 6.45) is 15.7. The Hall–Kier alpha value is -6.35. The van der Waals surface area contributed by atoms with E-state index in [9.17, 15) is 0 Å². The number of hydrogen-bond acceptors (Lipinski definition) is 2. The van der Waals surface area contributed by atoms with Gasteiger partial charge < -0.3 is 9.97 Å². The minimum absolute atomic E-state index is 0. The normalized spacial score (nSPS) is 18.1. The molecule has 0 fully saturated rings. The van der Waals surface area contributed by atoms with Crippen molar-refractivity contribution in [1.29, 1.82) is 0 Å². The molecule has 0 saturated heterocycles. The van der Waals surface area contributed by atoms with Crippen molar-refractivity contribution >= 4 is 21.8 Å². The Kier molecular flexibility index (Phi) is 8.70. The molecule has 59 heavy (non-hydrogen) atoms. The van der Waals surface area contributed by atoms with Crippen molar-refractivity contribution in [2.75, 3.05) is 0 Å². The first-order valence-corrected chi connectivity index (χ1v) is 20.2. The second-order valence-electron chi connectivity index (χ2n) is 15.5. The molecule has 0 saturated carbocycles. The Morgan fingerprint density at radius 3 is 1.68 bits per heavy atom. The van der Waals surface area contributed by atoms with Crippen molar-refractivity contribution in [2.24, 2.45) is 0 Å². The molecule has 4 aromatic heterocycles. The molecule has 8 aromatic rings. The van der Waals surface area contributed by atoms with Crippen LogP contribution in [0.1, 0.15) is 60.6 Å². The molecule has 286 valence electrons. The molecule has 0 radical (unpaired) electrons. The summed E-state index contributed by atoms with van der Waals surface area (Å²) in [4.78, 5) is 19.7. The van der Waals surface area contributed by atoms with Crippen LogP contribution >= 0.6 is 0 Å². The average Bonchev–Trinajstić information content (AvgIpc) is 4.08. The number of para-hydroxylation sites is 2. The second-order valence-corrected chi connectivity index (χ2v) is 15.5. The van der Waals surface area contributed by atoms with Crippen LogP contribution in [-0.2, 0) is 31.9 Å². The molecule has 4 nitrogen and oxygen atoms in total. The van der Waals surface area contributed by atoms with Gasteiger partial charge in [-0.3, -0.25) is 9.97 Å². The number of pyridine rings is 2. The molecule has 0 amide bonds. The molecule has 4 heterocycles. The van der Waals surface area contributed by atoms with Gasteiger partial charge in [0.05, 0.1) is 22.2 Å². The van der Waals surface area contributed by atoms with E-state index in [0.717, 1.165) is 45.8 Å². The Bertz CT molecular complexity index is 3120. The van der Waals surface area contributed by atoms with Crippen molar-refractivity contribution < 1.29 is 21.1 Å². The summed E-state index contributed by atoms with van der Waals surface area (Å²) in [5.74, 6) is 0. The average molecular weight is 940 g/mol. The Labute approximate surface area is 359 Å². The number of allylic oxidation sites excluding steroid dienone is 9. The second kappa shape index (κ2) is 13.9. The molecular weight excluding hydrogens is 900 g/mol. The van der Waals surface area contributed by atoms with Crippen molar-refractivity contribution in [3.8, 4) is 33.9 Å². The van der Waals surface area contributed by atoms with Crippen LogP contribution in [0.4, 0.5) is 0 Å². The predicted molar refractivity (Wildman–Crippen MR) is 237 cm³/mol. The monoisotopic (exact) mass is 939 g/mol. The molecule has 12 rings (SSSR count). The van der Waals surface area contributed by atoms with Gasteiger partial charge in [-0.05, 0) is 110 Å². The van der Waals surface area contributed by atoms with Crippen LogP contribution in [0.5, 0.6) is 0 Å². The van der Waals surface area contributed by atoms with E-state index in [1.54, 1.807) is 0 Å². The summed E-state index contributed by atoms with van der Waals surface area (Å²) in [6.45, 7) is 10.9. The molecule has 0 N–H and O–H groups in total. The number of aromatic nitrogens is 4. The van der Waals surface area contributed by atoms with Gasteiger partial charge >= 0.3 is 21.1 Å².